The van der Waals surface area contributed by atoms with Crippen molar-refractivity contribution in [1.82, 2.24) is 15.1 Å². The second kappa shape index (κ2) is 8.61. The molecule has 1 aliphatic heterocycles. The number of hydrogen-bond acceptors (Lipinski definition) is 4. The summed E-state index contributed by atoms with van der Waals surface area (Å²) in [4.78, 5) is 18.5. The highest BCUT2D eigenvalue weighted by atomic mass is 32.1. The summed E-state index contributed by atoms with van der Waals surface area (Å²) in [5, 5.41) is 5.27. The normalized spacial score (nSPS) is 17.4. The molecule has 1 fully saturated rings. The van der Waals surface area contributed by atoms with Gasteiger partial charge in [-0.25, -0.2) is 0 Å². The topological polar surface area (TPSA) is 35.6 Å². The van der Waals surface area contributed by atoms with Gasteiger partial charge in [0.05, 0.1) is 12.6 Å². The Morgan fingerprint density at radius 3 is 2.52 bits per heavy atom. The lowest BCUT2D eigenvalue weighted by atomic mass is 10.0. The number of nitrogens with one attached hydrogen (secondary N) is 1. The average molecular weight is 358 g/mol. The molecular weight excluding hydrogens is 330 g/mol. The molecule has 1 aliphatic rings. The first-order valence-corrected chi connectivity index (χ1v) is 9.82. The standard InChI is InChI=1S/C20H27N3OS/c1-16-6-3-4-8-19(16)17(2)21-20(24)15-23-11-9-22(10-12-23)14-18-7-5-13-25-18/h3-8,13,17H,9-12,14-15H2,1-2H3,(H,21,24)/t17-/m0/s1. The van der Waals surface area contributed by atoms with E-state index in [0.717, 1.165) is 32.7 Å². The predicted octanol–water partition coefficient (Wildman–Crippen LogP) is 3.05. The molecular formula is C20H27N3OS. The van der Waals surface area contributed by atoms with Crippen LogP contribution in [0.1, 0.15) is 29.0 Å². The van der Waals surface area contributed by atoms with Gasteiger partial charge in [0.2, 0.25) is 5.91 Å². The Bertz CT molecular complexity index is 678. The quantitative estimate of drug-likeness (QED) is 0.863. The number of hydrogen-bond donors (Lipinski definition) is 1. The monoisotopic (exact) mass is 357 g/mol. The minimum absolute atomic E-state index is 0.0498. The molecule has 1 amide bonds. The van der Waals surface area contributed by atoms with E-state index in [9.17, 15) is 4.79 Å². The van der Waals surface area contributed by atoms with Gasteiger partial charge in [-0.2, -0.15) is 0 Å². The summed E-state index contributed by atoms with van der Waals surface area (Å²) in [5.41, 5.74) is 2.41. The maximum absolute atomic E-state index is 12.4. The molecule has 1 saturated heterocycles. The summed E-state index contributed by atoms with van der Waals surface area (Å²) >= 11 is 1.81. The van der Waals surface area contributed by atoms with Gasteiger partial charge in [0.15, 0.2) is 0 Å². The molecule has 0 aliphatic carbocycles. The van der Waals surface area contributed by atoms with Crippen LogP contribution in [0.15, 0.2) is 41.8 Å². The fraction of sp³-hybridized carbons (Fsp3) is 0.450. The largest absolute Gasteiger partial charge is 0.348 e. The predicted molar refractivity (Wildman–Crippen MR) is 104 cm³/mol. The van der Waals surface area contributed by atoms with E-state index in [1.165, 1.54) is 16.0 Å². The molecule has 1 N–H and O–H groups in total. The summed E-state index contributed by atoms with van der Waals surface area (Å²) in [6.45, 7) is 9.63. The summed E-state index contributed by atoms with van der Waals surface area (Å²) in [7, 11) is 0. The number of nitrogens with zero attached hydrogens (tertiary/aromatic N) is 2. The van der Waals surface area contributed by atoms with Gasteiger partial charge < -0.3 is 5.32 Å². The van der Waals surface area contributed by atoms with E-state index in [0.29, 0.717) is 6.54 Å². The smallest absolute Gasteiger partial charge is 0.234 e. The van der Waals surface area contributed by atoms with Crippen molar-refractivity contribution in [3.8, 4) is 0 Å². The lowest BCUT2D eigenvalue weighted by molar-refractivity contribution is -0.123. The number of amides is 1. The lowest BCUT2D eigenvalue weighted by Crippen LogP contribution is -2.49. The minimum atomic E-state index is 0.0498. The van der Waals surface area contributed by atoms with Crippen LogP contribution in [0.5, 0.6) is 0 Å². The van der Waals surface area contributed by atoms with Crippen LogP contribution in [0.3, 0.4) is 0 Å². The van der Waals surface area contributed by atoms with Crippen LogP contribution in [0.25, 0.3) is 0 Å². The number of thiophene rings is 1. The molecule has 0 saturated carbocycles. The van der Waals surface area contributed by atoms with Gasteiger partial charge in [-0.1, -0.05) is 30.3 Å². The van der Waals surface area contributed by atoms with Crippen LogP contribution >= 0.6 is 11.3 Å². The van der Waals surface area contributed by atoms with Crippen LogP contribution in [-0.4, -0.2) is 48.4 Å². The summed E-state index contributed by atoms with van der Waals surface area (Å²) < 4.78 is 0. The zero-order chi connectivity index (χ0) is 17.6. The van der Waals surface area contributed by atoms with Gasteiger partial charge >= 0.3 is 0 Å². The van der Waals surface area contributed by atoms with E-state index in [4.69, 9.17) is 0 Å². The van der Waals surface area contributed by atoms with Crippen LogP contribution in [0.4, 0.5) is 0 Å². The van der Waals surface area contributed by atoms with Crippen LogP contribution in [0, 0.1) is 6.92 Å². The Hall–Kier alpha value is -1.69. The highest BCUT2D eigenvalue weighted by Gasteiger charge is 2.20. The molecule has 25 heavy (non-hydrogen) atoms. The fourth-order valence-corrected chi connectivity index (χ4v) is 4.12. The van der Waals surface area contributed by atoms with Gasteiger partial charge in [0.1, 0.15) is 0 Å². The van der Waals surface area contributed by atoms with Crippen molar-refractivity contribution in [3.63, 3.8) is 0 Å². The second-order valence-corrected chi connectivity index (χ2v) is 7.81. The molecule has 0 spiro atoms. The van der Waals surface area contributed by atoms with E-state index in [1.54, 1.807) is 0 Å². The Kier molecular flexibility index (Phi) is 6.24. The number of aryl methyl sites for hydroxylation is 1. The zero-order valence-electron chi connectivity index (χ0n) is 15.1. The van der Waals surface area contributed by atoms with Gasteiger partial charge in [-0.05, 0) is 36.4 Å². The Morgan fingerprint density at radius 2 is 1.84 bits per heavy atom. The molecule has 5 heteroatoms. The van der Waals surface area contributed by atoms with E-state index in [1.807, 2.05) is 23.5 Å². The number of rotatable bonds is 6. The van der Waals surface area contributed by atoms with E-state index in [-0.39, 0.29) is 11.9 Å². The van der Waals surface area contributed by atoms with Crippen molar-refractivity contribution in [2.75, 3.05) is 32.7 Å². The SMILES string of the molecule is Cc1ccccc1[C@H](C)NC(=O)CN1CCN(Cc2cccs2)CC1. The third-order valence-electron chi connectivity index (χ3n) is 4.82. The highest BCUT2D eigenvalue weighted by Crippen LogP contribution is 2.17. The van der Waals surface area contributed by atoms with Crippen molar-refractivity contribution >= 4 is 17.2 Å². The maximum Gasteiger partial charge on any atom is 0.234 e. The number of carbonyl (C=O) groups is 1. The molecule has 0 bridgehead atoms. The van der Waals surface area contributed by atoms with Gasteiger partial charge in [0, 0.05) is 37.6 Å². The Labute approximate surface area is 154 Å². The van der Waals surface area contributed by atoms with Crippen LogP contribution in [0.2, 0.25) is 0 Å². The maximum atomic E-state index is 12.4. The van der Waals surface area contributed by atoms with Gasteiger partial charge in [-0.15, -0.1) is 11.3 Å². The summed E-state index contributed by atoms with van der Waals surface area (Å²) in [6.07, 6.45) is 0. The Balaban J connectivity index is 1.42. The second-order valence-electron chi connectivity index (χ2n) is 6.78. The van der Waals surface area contributed by atoms with E-state index in [2.05, 4.69) is 58.6 Å². The number of benzene rings is 1. The van der Waals surface area contributed by atoms with Crippen molar-refractivity contribution in [1.29, 1.82) is 0 Å². The molecule has 2 aromatic rings. The first-order chi connectivity index (χ1) is 12.1. The molecule has 134 valence electrons. The Morgan fingerprint density at radius 1 is 1.12 bits per heavy atom. The molecule has 1 aromatic carbocycles. The first kappa shape index (κ1) is 18.1. The fourth-order valence-electron chi connectivity index (χ4n) is 3.37. The van der Waals surface area contributed by atoms with Gasteiger partial charge in [-0.3, -0.25) is 14.6 Å². The molecule has 4 nitrogen and oxygen atoms in total. The van der Waals surface area contributed by atoms with Crippen molar-refractivity contribution in [3.05, 3.63) is 57.8 Å². The number of carbonyl (C=O) groups excluding carboxylic acids is 1. The first-order valence-electron chi connectivity index (χ1n) is 8.94. The summed E-state index contributed by atoms with van der Waals surface area (Å²) in [6, 6.07) is 12.6. The average Bonchev–Trinajstić information content (AvgIpc) is 3.10. The molecule has 1 atom stereocenters. The molecule has 3 rings (SSSR count). The molecule has 0 radical (unpaired) electrons. The van der Waals surface area contributed by atoms with Crippen molar-refractivity contribution < 1.29 is 4.79 Å². The molecule has 0 unspecified atom stereocenters. The number of piperazine rings is 1. The third kappa shape index (κ3) is 5.14. The molecule has 1 aromatic heterocycles. The zero-order valence-corrected chi connectivity index (χ0v) is 15.9. The van der Waals surface area contributed by atoms with Gasteiger partial charge in [0.25, 0.3) is 0 Å². The van der Waals surface area contributed by atoms with Crippen LogP contribution < -0.4 is 5.32 Å². The molecule has 2 heterocycles. The van der Waals surface area contributed by atoms with Crippen molar-refractivity contribution in [2.24, 2.45) is 0 Å². The van der Waals surface area contributed by atoms with Crippen molar-refractivity contribution in [2.45, 2.75) is 26.4 Å². The minimum Gasteiger partial charge on any atom is -0.348 e. The third-order valence-corrected chi connectivity index (χ3v) is 5.69. The van der Waals surface area contributed by atoms with E-state index >= 15 is 0 Å². The lowest BCUT2D eigenvalue weighted by Gasteiger charge is -2.34. The summed E-state index contributed by atoms with van der Waals surface area (Å²) in [5.74, 6) is 0.113. The highest BCUT2D eigenvalue weighted by molar-refractivity contribution is 7.09. The van der Waals surface area contributed by atoms with E-state index < -0.39 is 0 Å². The van der Waals surface area contributed by atoms with Crippen LogP contribution in [-0.2, 0) is 11.3 Å².